The van der Waals surface area contributed by atoms with E-state index in [0.717, 1.165) is 16.9 Å². The number of hydrogen-bond donors (Lipinski definition) is 0. The quantitative estimate of drug-likeness (QED) is 0.635. The zero-order valence-corrected chi connectivity index (χ0v) is 16.0. The standard InChI is InChI=1S/C22H23N3O3/c1-17-7-6-10-19(15-17)28-14-13-24(2)22(27)20-11-12-21(26)25(23-20)16-18-8-4-3-5-9-18/h3-12,15H,13-14,16H2,1-2H3. The van der Waals surface area contributed by atoms with Crippen LogP contribution in [0.4, 0.5) is 0 Å². The molecule has 0 saturated heterocycles. The van der Waals surface area contributed by atoms with Crippen LogP contribution >= 0.6 is 0 Å². The largest absolute Gasteiger partial charge is 0.492 e. The number of hydrogen-bond acceptors (Lipinski definition) is 4. The summed E-state index contributed by atoms with van der Waals surface area (Å²) >= 11 is 0. The van der Waals surface area contributed by atoms with Crippen molar-refractivity contribution in [2.45, 2.75) is 13.5 Å². The van der Waals surface area contributed by atoms with Gasteiger partial charge in [0, 0.05) is 13.1 Å². The van der Waals surface area contributed by atoms with Gasteiger partial charge >= 0.3 is 0 Å². The van der Waals surface area contributed by atoms with Crippen LogP contribution in [-0.4, -0.2) is 40.8 Å². The van der Waals surface area contributed by atoms with E-state index < -0.39 is 0 Å². The molecule has 0 saturated carbocycles. The minimum Gasteiger partial charge on any atom is -0.492 e. The molecule has 3 rings (SSSR count). The lowest BCUT2D eigenvalue weighted by atomic mass is 10.2. The van der Waals surface area contributed by atoms with E-state index in [-0.39, 0.29) is 17.2 Å². The third-order valence-corrected chi connectivity index (χ3v) is 4.29. The van der Waals surface area contributed by atoms with E-state index in [2.05, 4.69) is 5.10 Å². The van der Waals surface area contributed by atoms with Crippen molar-refractivity contribution in [1.82, 2.24) is 14.7 Å². The first kappa shape index (κ1) is 19.4. The fourth-order valence-corrected chi connectivity index (χ4v) is 2.74. The maximum absolute atomic E-state index is 12.6. The van der Waals surface area contributed by atoms with Crippen molar-refractivity contribution in [3.8, 4) is 5.75 Å². The van der Waals surface area contributed by atoms with Gasteiger partial charge in [-0.25, -0.2) is 4.68 Å². The molecule has 0 bridgehead atoms. The van der Waals surface area contributed by atoms with Crippen LogP contribution in [0.3, 0.4) is 0 Å². The fourth-order valence-electron chi connectivity index (χ4n) is 2.74. The van der Waals surface area contributed by atoms with E-state index in [0.29, 0.717) is 19.7 Å². The number of amides is 1. The molecule has 1 aromatic heterocycles. The highest BCUT2D eigenvalue weighted by atomic mass is 16.5. The second-order valence-electron chi connectivity index (χ2n) is 6.59. The van der Waals surface area contributed by atoms with E-state index in [9.17, 15) is 9.59 Å². The first-order valence-electron chi connectivity index (χ1n) is 9.10. The monoisotopic (exact) mass is 377 g/mol. The summed E-state index contributed by atoms with van der Waals surface area (Å²) in [4.78, 5) is 26.3. The summed E-state index contributed by atoms with van der Waals surface area (Å²) < 4.78 is 7.00. The van der Waals surface area contributed by atoms with Gasteiger partial charge in [-0.15, -0.1) is 0 Å². The summed E-state index contributed by atoms with van der Waals surface area (Å²) in [6.07, 6.45) is 0. The predicted molar refractivity (Wildman–Crippen MR) is 108 cm³/mol. The Kier molecular flexibility index (Phi) is 6.22. The topological polar surface area (TPSA) is 64.4 Å². The fraction of sp³-hybridized carbons (Fsp3) is 0.227. The Morgan fingerprint density at radius 2 is 1.86 bits per heavy atom. The molecule has 0 fully saturated rings. The van der Waals surface area contributed by atoms with E-state index in [1.807, 2.05) is 61.5 Å². The van der Waals surface area contributed by atoms with Gasteiger partial charge in [0.05, 0.1) is 13.1 Å². The van der Waals surface area contributed by atoms with Crippen molar-refractivity contribution in [2.75, 3.05) is 20.2 Å². The number of aryl methyl sites for hydroxylation is 1. The van der Waals surface area contributed by atoms with Crippen LogP contribution in [0, 0.1) is 6.92 Å². The van der Waals surface area contributed by atoms with Crippen molar-refractivity contribution < 1.29 is 9.53 Å². The third kappa shape index (κ3) is 5.07. The zero-order valence-electron chi connectivity index (χ0n) is 16.0. The number of ether oxygens (including phenoxy) is 1. The average molecular weight is 377 g/mol. The first-order valence-corrected chi connectivity index (χ1v) is 9.10. The highest BCUT2D eigenvalue weighted by Gasteiger charge is 2.15. The van der Waals surface area contributed by atoms with Gasteiger partial charge in [0.25, 0.3) is 11.5 Å². The molecule has 0 aliphatic carbocycles. The molecule has 0 radical (unpaired) electrons. The van der Waals surface area contributed by atoms with E-state index in [1.165, 1.54) is 21.7 Å². The number of aromatic nitrogens is 2. The van der Waals surface area contributed by atoms with E-state index in [1.54, 1.807) is 7.05 Å². The lowest BCUT2D eigenvalue weighted by Gasteiger charge is -2.17. The second-order valence-corrected chi connectivity index (χ2v) is 6.59. The summed E-state index contributed by atoms with van der Waals surface area (Å²) in [7, 11) is 1.69. The second kappa shape index (κ2) is 8.99. The molecule has 0 aliphatic rings. The number of benzene rings is 2. The van der Waals surface area contributed by atoms with Crippen molar-refractivity contribution in [1.29, 1.82) is 0 Å². The minimum atomic E-state index is -0.255. The molecule has 0 spiro atoms. The molecule has 0 aliphatic heterocycles. The molecule has 144 valence electrons. The molecule has 3 aromatic rings. The Hall–Kier alpha value is -3.41. The molecule has 6 heteroatoms. The van der Waals surface area contributed by atoms with Crippen LogP contribution in [-0.2, 0) is 6.54 Å². The van der Waals surface area contributed by atoms with Gasteiger partial charge in [-0.05, 0) is 36.2 Å². The smallest absolute Gasteiger partial charge is 0.274 e. The van der Waals surface area contributed by atoms with Crippen LogP contribution in [0.1, 0.15) is 21.6 Å². The van der Waals surface area contributed by atoms with E-state index in [4.69, 9.17) is 4.74 Å². The third-order valence-electron chi connectivity index (χ3n) is 4.29. The highest BCUT2D eigenvalue weighted by Crippen LogP contribution is 2.12. The summed E-state index contributed by atoms with van der Waals surface area (Å²) in [6.45, 7) is 3.10. The Bertz CT molecular complexity index is 999. The maximum atomic E-state index is 12.6. The van der Waals surface area contributed by atoms with Crippen LogP contribution in [0.5, 0.6) is 5.75 Å². The number of nitrogens with zero attached hydrogens (tertiary/aromatic N) is 3. The normalized spacial score (nSPS) is 10.5. The van der Waals surface area contributed by atoms with Gasteiger partial charge in [-0.1, -0.05) is 42.5 Å². The number of carbonyl (C=O) groups is 1. The Labute approximate surface area is 164 Å². The lowest BCUT2D eigenvalue weighted by molar-refractivity contribution is 0.0765. The molecule has 2 aromatic carbocycles. The summed E-state index contributed by atoms with van der Waals surface area (Å²) in [5.74, 6) is 0.519. The van der Waals surface area contributed by atoms with Crippen LogP contribution in [0.25, 0.3) is 0 Å². The van der Waals surface area contributed by atoms with Gasteiger partial charge in [-0.2, -0.15) is 5.10 Å². The predicted octanol–water partition coefficient (Wildman–Crippen LogP) is 2.75. The number of likely N-dealkylation sites (N-methyl/N-ethyl adjacent to an activating group) is 1. The van der Waals surface area contributed by atoms with Gasteiger partial charge in [0.1, 0.15) is 18.1 Å². The Morgan fingerprint density at radius 1 is 1.07 bits per heavy atom. The lowest BCUT2D eigenvalue weighted by Crippen LogP contribution is -2.33. The molecule has 0 unspecified atom stereocenters. The Morgan fingerprint density at radius 3 is 2.61 bits per heavy atom. The molecule has 28 heavy (non-hydrogen) atoms. The Balaban J connectivity index is 1.63. The van der Waals surface area contributed by atoms with Crippen molar-refractivity contribution in [3.63, 3.8) is 0 Å². The van der Waals surface area contributed by atoms with Crippen molar-refractivity contribution >= 4 is 5.91 Å². The summed E-state index contributed by atoms with van der Waals surface area (Å²) in [6, 6.07) is 20.1. The average Bonchev–Trinajstić information content (AvgIpc) is 2.70. The SMILES string of the molecule is Cc1cccc(OCCN(C)C(=O)c2ccc(=O)n(Cc3ccccc3)n2)c1. The van der Waals surface area contributed by atoms with Crippen LogP contribution in [0.15, 0.2) is 71.5 Å². The van der Waals surface area contributed by atoms with E-state index >= 15 is 0 Å². The first-order chi connectivity index (χ1) is 13.5. The van der Waals surface area contributed by atoms with Gasteiger partial charge in [0.2, 0.25) is 0 Å². The highest BCUT2D eigenvalue weighted by molar-refractivity contribution is 5.91. The minimum absolute atomic E-state index is 0.230. The molecule has 0 atom stereocenters. The van der Waals surface area contributed by atoms with Crippen molar-refractivity contribution in [2.24, 2.45) is 0 Å². The molecular weight excluding hydrogens is 354 g/mol. The molecular formula is C22H23N3O3. The molecule has 1 heterocycles. The number of rotatable bonds is 7. The van der Waals surface area contributed by atoms with Crippen LogP contribution in [0.2, 0.25) is 0 Å². The van der Waals surface area contributed by atoms with Gasteiger partial charge < -0.3 is 9.64 Å². The summed E-state index contributed by atoms with van der Waals surface area (Å²) in [5.41, 5.74) is 2.05. The van der Waals surface area contributed by atoms with Crippen molar-refractivity contribution in [3.05, 3.63) is 93.9 Å². The van der Waals surface area contributed by atoms with Gasteiger partial charge in [0.15, 0.2) is 0 Å². The molecule has 6 nitrogen and oxygen atoms in total. The summed E-state index contributed by atoms with van der Waals surface area (Å²) in [5, 5.41) is 4.24. The zero-order chi connectivity index (χ0) is 19.9. The molecule has 1 amide bonds. The van der Waals surface area contributed by atoms with Crippen LogP contribution < -0.4 is 10.3 Å². The number of carbonyl (C=O) groups excluding carboxylic acids is 1. The maximum Gasteiger partial charge on any atom is 0.274 e. The molecule has 0 N–H and O–H groups in total. The van der Waals surface area contributed by atoms with Gasteiger partial charge in [-0.3, -0.25) is 9.59 Å².